The van der Waals surface area contributed by atoms with E-state index in [1.165, 1.54) is 4.90 Å². The summed E-state index contributed by atoms with van der Waals surface area (Å²) in [5.41, 5.74) is -2.15. The Kier molecular flexibility index (Phi) is 4.37. The van der Waals surface area contributed by atoms with Crippen molar-refractivity contribution in [2.24, 2.45) is 0 Å². The molecule has 26 heavy (non-hydrogen) atoms. The molecule has 0 aliphatic carbocycles. The molecule has 3 rings (SSSR count). The number of benzene rings is 1. The number of piperidine rings is 1. The number of quaternary nitrogens is 1. The first kappa shape index (κ1) is 19.1. The van der Waals surface area contributed by atoms with E-state index in [9.17, 15) is 15.0 Å². The molecule has 2 aliphatic rings. The van der Waals surface area contributed by atoms with Crippen molar-refractivity contribution < 1.29 is 25.1 Å². The molecule has 0 bridgehead atoms. The van der Waals surface area contributed by atoms with E-state index in [-0.39, 0.29) is 17.6 Å². The molecule has 1 aromatic carbocycles. The maximum atomic E-state index is 12.7. The Hall–Kier alpha value is -1.63. The molecule has 6 nitrogen and oxygen atoms in total. The van der Waals surface area contributed by atoms with Gasteiger partial charge in [0.05, 0.1) is 23.7 Å². The maximum Gasteiger partial charge on any atom is 0.413 e. The van der Waals surface area contributed by atoms with Gasteiger partial charge in [0.1, 0.15) is 0 Å². The fourth-order valence-electron chi connectivity index (χ4n) is 5.05. The third kappa shape index (κ3) is 3.21. The standard InChI is InChI=1S/C20H30N2O4/c1-17(2)12-20(13-18(3,4)21-17)19(5,25)22(16(24)26-20)11-15(23)14-9-7-6-8-10-14/h6-10,15,21,23,25H,11-13H2,1-5H3/p+1/t15-,19+/m0/s1. The number of amides is 1. The highest BCUT2D eigenvalue weighted by molar-refractivity contribution is 5.72. The van der Waals surface area contributed by atoms with Gasteiger partial charge in [0, 0.05) is 12.8 Å². The Morgan fingerprint density at radius 1 is 1.12 bits per heavy atom. The molecular weight excluding hydrogens is 332 g/mol. The van der Waals surface area contributed by atoms with E-state index in [0.29, 0.717) is 18.4 Å². The zero-order valence-corrected chi connectivity index (χ0v) is 16.3. The number of β-amino-alcohol motifs (C(OH)–C–C–N with tert-alkyl or cyclic N) is 1. The minimum atomic E-state index is -1.50. The topological polar surface area (TPSA) is 86.6 Å². The third-order valence-electron chi connectivity index (χ3n) is 5.70. The summed E-state index contributed by atoms with van der Waals surface area (Å²) >= 11 is 0. The fraction of sp³-hybridized carbons (Fsp3) is 0.650. The number of carbonyl (C=O) groups excluding carboxylic acids is 1. The number of hydrogen-bond donors (Lipinski definition) is 3. The first-order valence-corrected chi connectivity index (χ1v) is 9.21. The van der Waals surface area contributed by atoms with E-state index in [1.807, 2.05) is 18.2 Å². The van der Waals surface area contributed by atoms with E-state index in [0.717, 1.165) is 0 Å². The van der Waals surface area contributed by atoms with Gasteiger partial charge < -0.3 is 20.3 Å². The van der Waals surface area contributed by atoms with Crippen LogP contribution in [0, 0.1) is 0 Å². The average Bonchev–Trinajstić information content (AvgIpc) is 2.64. The first-order valence-electron chi connectivity index (χ1n) is 9.21. The van der Waals surface area contributed by atoms with Crippen LogP contribution in [0.4, 0.5) is 4.79 Å². The molecule has 144 valence electrons. The number of aliphatic hydroxyl groups excluding tert-OH is 1. The number of nitrogens with zero attached hydrogens (tertiary/aromatic N) is 1. The van der Waals surface area contributed by atoms with Crippen molar-refractivity contribution in [2.45, 2.75) is 76.0 Å². The fourth-order valence-corrected chi connectivity index (χ4v) is 5.05. The molecule has 0 aromatic heterocycles. The lowest BCUT2D eigenvalue weighted by Crippen LogP contribution is -3.07. The number of aliphatic hydroxyl groups is 2. The number of rotatable bonds is 3. The summed E-state index contributed by atoms with van der Waals surface area (Å²) in [6.07, 6.45) is -0.375. The van der Waals surface area contributed by atoms with Gasteiger partial charge in [0.15, 0.2) is 11.3 Å². The van der Waals surface area contributed by atoms with Gasteiger partial charge in [-0.2, -0.15) is 0 Å². The van der Waals surface area contributed by atoms with Crippen LogP contribution in [0.25, 0.3) is 0 Å². The predicted molar refractivity (Wildman–Crippen MR) is 97.3 cm³/mol. The minimum Gasteiger partial charge on any atom is -0.437 e. The van der Waals surface area contributed by atoms with Gasteiger partial charge in [-0.25, -0.2) is 4.79 Å². The van der Waals surface area contributed by atoms with Crippen LogP contribution in [0.3, 0.4) is 0 Å². The van der Waals surface area contributed by atoms with Gasteiger partial charge in [0.2, 0.25) is 0 Å². The summed E-state index contributed by atoms with van der Waals surface area (Å²) in [6.45, 7) is 10.0. The average molecular weight is 363 g/mol. The van der Waals surface area contributed by atoms with Gasteiger partial charge in [-0.3, -0.25) is 4.90 Å². The summed E-state index contributed by atoms with van der Waals surface area (Å²) in [4.78, 5) is 14.0. The zero-order valence-electron chi connectivity index (χ0n) is 16.3. The lowest BCUT2D eigenvalue weighted by atomic mass is 9.68. The van der Waals surface area contributed by atoms with Crippen molar-refractivity contribution in [1.29, 1.82) is 0 Å². The first-order chi connectivity index (χ1) is 11.9. The van der Waals surface area contributed by atoms with E-state index in [4.69, 9.17) is 4.74 Å². The van der Waals surface area contributed by atoms with Crippen molar-refractivity contribution in [3.8, 4) is 0 Å². The maximum absolute atomic E-state index is 12.7. The van der Waals surface area contributed by atoms with E-state index < -0.39 is 23.5 Å². The van der Waals surface area contributed by atoms with Gasteiger partial charge >= 0.3 is 6.09 Å². The summed E-state index contributed by atoms with van der Waals surface area (Å²) in [5.74, 6) is 0. The molecule has 0 saturated carbocycles. The molecule has 0 unspecified atom stereocenters. The quantitative estimate of drug-likeness (QED) is 0.760. The van der Waals surface area contributed by atoms with Crippen LogP contribution in [0.15, 0.2) is 30.3 Å². The monoisotopic (exact) mass is 363 g/mol. The molecule has 1 aromatic rings. The second-order valence-corrected chi connectivity index (χ2v) is 9.40. The summed E-state index contributed by atoms with van der Waals surface area (Å²) in [5, 5.41) is 24.2. The van der Waals surface area contributed by atoms with Crippen LogP contribution in [0.1, 0.15) is 59.1 Å². The SMILES string of the molecule is CC1(C)CC2(CC(C)(C)[NH2+]1)OC(=O)N(C[C@H](O)c1ccccc1)[C@]2(C)O. The molecule has 1 spiro atoms. The molecule has 1 amide bonds. The van der Waals surface area contributed by atoms with Crippen LogP contribution >= 0.6 is 0 Å². The third-order valence-corrected chi connectivity index (χ3v) is 5.70. The number of nitrogens with two attached hydrogens (primary N) is 1. The van der Waals surface area contributed by atoms with Crippen LogP contribution < -0.4 is 5.32 Å². The highest BCUT2D eigenvalue weighted by atomic mass is 16.6. The van der Waals surface area contributed by atoms with Gasteiger partial charge in [-0.1, -0.05) is 30.3 Å². The lowest BCUT2D eigenvalue weighted by Gasteiger charge is -2.51. The number of hydrogen-bond acceptors (Lipinski definition) is 4. The Bertz CT molecular complexity index is 668. The van der Waals surface area contributed by atoms with Crippen LogP contribution in [-0.2, 0) is 4.74 Å². The van der Waals surface area contributed by atoms with Crippen molar-refractivity contribution >= 4 is 6.09 Å². The van der Waals surface area contributed by atoms with Crippen LogP contribution in [0.2, 0.25) is 0 Å². The highest BCUT2D eigenvalue weighted by Crippen LogP contribution is 2.48. The molecule has 2 fully saturated rings. The van der Waals surface area contributed by atoms with Crippen molar-refractivity contribution in [2.75, 3.05) is 6.54 Å². The van der Waals surface area contributed by atoms with Gasteiger partial charge in [-0.15, -0.1) is 0 Å². The molecule has 2 saturated heterocycles. The normalized spacial score (nSPS) is 30.3. The molecule has 2 atom stereocenters. The zero-order chi connectivity index (χ0) is 19.4. The van der Waals surface area contributed by atoms with Crippen molar-refractivity contribution in [1.82, 2.24) is 4.90 Å². The largest absolute Gasteiger partial charge is 0.437 e. The number of ether oxygens (including phenoxy) is 1. The number of carbonyl (C=O) groups is 1. The lowest BCUT2D eigenvalue weighted by molar-refractivity contribution is -0.793. The van der Waals surface area contributed by atoms with Crippen LogP contribution in [0.5, 0.6) is 0 Å². The van der Waals surface area contributed by atoms with Crippen molar-refractivity contribution in [3.63, 3.8) is 0 Å². The summed E-state index contributed by atoms with van der Waals surface area (Å²) in [6, 6.07) is 9.15. The van der Waals surface area contributed by atoms with E-state index in [2.05, 4.69) is 33.0 Å². The summed E-state index contributed by atoms with van der Waals surface area (Å²) in [7, 11) is 0. The Labute approximate surface area is 155 Å². The molecule has 2 aliphatic heterocycles. The Morgan fingerprint density at radius 2 is 1.65 bits per heavy atom. The van der Waals surface area contributed by atoms with Gasteiger partial charge in [0.25, 0.3) is 0 Å². The second kappa shape index (κ2) is 5.94. The smallest absolute Gasteiger partial charge is 0.413 e. The van der Waals surface area contributed by atoms with Crippen LogP contribution in [-0.4, -0.2) is 50.2 Å². The molecule has 0 radical (unpaired) electrons. The summed E-state index contributed by atoms with van der Waals surface area (Å²) < 4.78 is 5.83. The Morgan fingerprint density at radius 3 is 2.19 bits per heavy atom. The highest BCUT2D eigenvalue weighted by Gasteiger charge is 2.68. The molecular formula is C20H31N2O4+. The predicted octanol–water partition coefficient (Wildman–Crippen LogP) is 1.53. The molecule has 6 heteroatoms. The van der Waals surface area contributed by atoms with Crippen molar-refractivity contribution in [3.05, 3.63) is 35.9 Å². The second-order valence-electron chi connectivity index (χ2n) is 9.40. The van der Waals surface area contributed by atoms with Gasteiger partial charge in [-0.05, 0) is 40.2 Å². The minimum absolute atomic E-state index is 0.0117. The van der Waals surface area contributed by atoms with E-state index in [1.54, 1.807) is 19.1 Å². The Balaban J connectivity index is 1.89. The molecule has 2 heterocycles. The van der Waals surface area contributed by atoms with E-state index >= 15 is 0 Å². The molecule has 4 N–H and O–H groups in total.